The Kier molecular flexibility index (Phi) is 5.31. The molecule has 3 heteroatoms. The van der Waals surface area contributed by atoms with Gasteiger partial charge in [0.25, 0.3) is 0 Å². The van der Waals surface area contributed by atoms with E-state index in [1.165, 1.54) is 12.1 Å². The van der Waals surface area contributed by atoms with Gasteiger partial charge in [-0.2, -0.15) is 0 Å². The fourth-order valence-corrected chi connectivity index (χ4v) is 2.57. The van der Waals surface area contributed by atoms with Crippen LogP contribution in [0.2, 0.25) is 0 Å². The van der Waals surface area contributed by atoms with Crippen LogP contribution in [-0.4, -0.2) is 5.91 Å². The Labute approximate surface area is 131 Å². The zero-order chi connectivity index (χ0) is 16.1. The predicted octanol–water partition coefficient (Wildman–Crippen LogP) is 4.90. The van der Waals surface area contributed by atoms with E-state index in [-0.39, 0.29) is 23.6 Å². The summed E-state index contributed by atoms with van der Waals surface area (Å²) in [7, 11) is 0. The molecule has 116 valence electrons. The first-order valence-electron chi connectivity index (χ1n) is 7.65. The molecule has 1 N–H and O–H groups in total. The molecule has 1 amide bonds. The minimum absolute atomic E-state index is 0.0887. The molecule has 0 aliphatic carbocycles. The van der Waals surface area contributed by atoms with Crippen molar-refractivity contribution in [3.05, 3.63) is 65.5 Å². The Morgan fingerprint density at radius 1 is 1.18 bits per heavy atom. The van der Waals surface area contributed by atoms with Crippen molar-refractivity contribution in [3.63, 3.8) is 0 Å². The lowest BCUT2D eigenvalue weighted by atomic mass is 9.85. The summed E-state index contributed by atoms with van der Waals surface area (Å²) in [6.07, 6.45) is 0.898. The average molecular weight is 299 g/mol. The van der Waals surface area contributed by atoms with E-state index in [1.807, 2.05) is 37.3 Å². The number of carbonyl (C=O) groups is 1. The molecule has 0 saturated carbocycles. The van der Waals surface area contributed by atoms with Crippen LogP contribution in [0.3, 0.4) is 0 Å². The summed E-state index contributed by atoms with van der Waals surface area (Å²) in [6.45, 7) is 5.99. The van der Waals surface area contributed by atoms with E-state index < -0.39 is 0 Å². The van der Waals surface area contributed by atoms with Crippen molar-refractivity contribution >= 4 is 11.6 Å². The smallest absolute Gasteiger partial charge is 0.232 e. The van der Waals surface area contributed by atoms with E-state index in [0.29, 0.717) is 5.69 Å². The summed E-state index contributed by atoms with van der Waals surface area (Å²) in [4.78, 5) is 12.7. The molecule has 2 nitrogen and oxygen atoms in total. The SMILES string of the molecule is CCC(C)C(C(=O)Nc1cc(F)ccc1C)c1ccccc1. The normalized spacial score (nSPS) is 13.5. The number of amides is 1. The highest BCUT2D eigenvalue weighted by Crippen LogP contribution is 2.29. The molecule has 2 rings (SSSR count). The quantitative estimate of drug-likeness (QED) is 0.835. The number of benzene rings is 2. The largest absolute Gasteiger partial charge is 0.325 e. The minimum Gasteiger partial charge on any atom is -0.325 e. The lowest BCUT2D eigenvalue weighted by molar-refractivity contribution is -0.118. The summed E-state index contributed by atoms with van der Waals surface area (Å²) in [5.74, 6) is -0.472. The fourth-order valence-electron chi connectivity index (χ4n) is 2.57. The molecule has 0 spiro atoms. The van der Waals surface area contributed by atoms with Crippen LogP contribution in [-0.2, 0) is 4.79 Å². The Hall–Kier alpha value is -2.16. The van der Waals surface area contributed by atoms with Gasteiger partial charge in [0.2, 0.25) is 5.91 Å². The lowest BCUT2D eigenvalue weighted by Gasteiger charge is -2.23. The Morgan fingerprint density at radius 2 is 1.86 bits per heavy atom. The van der Waals surface area contributed by atoms with Crippen LogP contribution < -0.4 is 5.32 Å². The van der Waals surface area contributed by atoms with E-state index in [0.717, 1.165) is 17.5 Å². The van der Waals surface area contributed by atoms with Gasteiger partial charge < -0.3 is 5.32 Å². The lowest BCUT2D eigenvalue weighted by Crippen LogP contribution is -2.26. The fraction of sp³-hybridized carbons (Fsp3) is 0.316. The predicted molar refractivity (Wildman–Crippen MR) is 88.4 cm³/mol. The molecule has 2 unspecified atom stereocenters. The summed E-state index contributed by atoms with van der Waals surface area (Å²) >= 11 is 0. The van der Waals surface area contributed by atoms with Crippen LogP contribution in [0, 0.1) is 18.7 Å². The molecule has 2 atom stereocenters. The number of anilines is 1. The summed E-state index contributed by atoms with van der Waals surface area (Å²) in [5.41, 5.74) is 2.38. The van der Waals surface area contributed by atoms with Gasteiger partial charge in [-0.3, -0.25) is 4.79 Å². The van der Waals surface area contributed by atoms with Gasteiger partial charge in [-0.05, 0) is 36.1 Å². The van der Waals surface area contributed by atoms with Gasteiger partial charge in [-0.15, -0.1) is 0 Å². The molecule has 0 saturated heterocycles. The van der Waals surface area contributed by atoms with Gasteiger partial charge in [-0.1, -0.05) is 56.7 Å². The molecule has 0 aliphatic rings. The third-order valence-corrected chi connectivity index (χ3v) is 4.11. The number of nitrogens with one attached hydrogen (secondary N) is 1. The van der Waals surface area contributed by atoms with Gasteiger partial charge in [0.1, 0.15) is 5.82 Å². The van der Waals surface area contributed by atoms with Gasteiger partial charge >= 0.3 is 0 Å². The first-order chi connectivity index (χ1) is 10.5. The number of rotatable bonds is 5. The van der Waals surface area contributed by atoms with E-state index >= 15 is 0 Å². The highest BCUT2D eigenvalue weighted by atomic mass is 19.1. The number of carbonyl (C=O) groups excluding carboxylic acids is 1. The third kappa shape index (κ3) is 3.73. The Balaban J connectivity index is 2.28. The summed E-state index contributed by atoms with van der Waals surface area (Å²) in [6, 6.07) is 14.2. The number of aryl methyl sites for hydroxylation is 1. The second-order valence-electron chi connectivity index (χ2n) is 5.72. The second kappa shape index (κ2) is 7.21. The van der Waals surface area contributed by atoms with E-state index in [2.05, 4.69) is 19.2 Å². The van der Waals surface area contributed by atoms with E-state index in [9.17, 15) is 9.18 Å². The van der Waals surface area contributed by atoms with Crippen molar-refractivity contribution in [2.45, 2.75) is 33.1 Å². The van der Waals surface area contributed by atoms with Crippen molar-refractivity contribution in [1.29, 1.82) is 0 Å². The van der Waals surface area contributed by atoms with E-state index in [4.69, 9.17) is 0 Å². The molecular formula is C19H22FNO. The highest BCUT2D eigenvalue weighted by molar-refractivity contribution is 5.96. The maximum absolute atomic E-state index is 13.4. The maximum atomic E-state index is 13.4. The van der Waals surface area contributed by atoms with Crippen molar-refractivity contribution in [1.82, 2.24) is 0 Å². The van der Waals surface area contributed by atoms with Gasteiger partial charge in [0.05, 0.1) is 5.92 Å². The molecule has 0 aromatic heterocycles. The molecule has 0 fully saturated rings. The van der Waals surface area contributed by atoms with Crippen molar-refractivity contribution in [2.75, 3.05) is 5.32 Å². The Morgan fingerprint density at radius 3 is 2.50 bits per heavy atom. The highest BCUT2D eigenvalue weighted by Gasteiger charge is 2.26. The van der Waals surface area contributed by atoms with Gasteiger partial charge in [0, 0.05) is 5.69 Å². The van der Waals surface area contributed by atoms with Crippen LogP contribution in [0.25, 0.3) is 0 Å². The zero-order valence-electron chi connectivity index (χ0n) is 13.3. The molecule has 0 aliphatic heterocycles. The molecular weight excluding hydrogens is 277 g/mol. The number of hydrogen-bond acceptors (Lipinski definition) is 1. The summed E-state index contributed by atoms with van der Waals surface area (Å²) < 4.78 is 13.4. The van der Waals surface area contributed by atoms with Crippen LogP contribution in [0.5, 0.6) is 0 Å². The molecule has 0 radical (unpaired) electrons. The summed E-state index contributed by atoms with van der Waals surface area (Å²) in [5, 5.41) is 2.89. The van der Waals surface area contributed by atoms with E-state index in [1.54, 1.807) is 6.07 Å². The van der Waals surface area contributed by atoms with Crippen LogP contribution >= 0.6 is 0 Å². The molecule has 2 aromatic carbocycles. The average Bonchev–Trinajstić information content (AvgIpc) is 2.52. The van der Waals surface area contributed by atoms with Gasteiger partial charge in [0.15, 0.2) is 0 Å². The van der Waals surface area contributed by atoms with Gasteiger partial charge in [-0.25, -0.2) is 4.39 Å². The van der Waals surface area contributed by atoms with Crippen molar-refractivity contribution in [3.8, 4) is 0 Å². The first-order valence-corrected chi connectivity index (χ1v) is 7.65. The number of halogens is 1. The topological polar surface area (TPSA) is 29.1 Å². The minimum atomic E-state index is -0.347. The molecule has 0 bridgehead atoms. The molecule has 2 aromatic rings. The first kappa shape index (κ1) is 16.2. The third-order valence-electron chi connectivity index (χ3n) is 4.11. The van der Waals surface area contributed by atoms with Crippen LogP contribution in [0.1, 0.15) is 37.3 Å². The standard InChI is InChI=1S/C19H22FNO/c1-4-13(2)18(15-8-6-5-7-9-15)19(22)21-17-12-16(20)11-10-14(17)3/h5-13,18H,4H2,1-3H3,(H,21,22). The monoisotopic (exact) mass is 299 g/mol. The number of hydrogen-bond donors (Lipinski definition) is 1. The maximum Gasteiger partial charge on any atom is 0.232 e. The van der Waals surface area contributed by atoms with Crippen molar-refractivity contribution in [2.24, 2.45) is 5.92 Å². The van der Waals surface area contributed by atoms with Crippen molar-refractivity contribution < 1.29 is 9.18 Å². The second-order valence-corrected chi connectivity index (χ2v) is 5.72. The zero-order valence-corrected chi connectivity index (χ0v) is 13.3. The van der Waals surface area contributed by atoms with Crippen LogP contribution in [0.4, 0.5) is 10.1 Å². The Bertz CT molecular complexity index is 639. The van der Waals surface area contributed by atoms with Crippen LogP contribution in [0.15, 0.2) is 48.5 Å². The molecule has 22 heavy (non-hydrogen) atoms. The molecule has 0 heterocycles.